The normalized spacial score (nSPS) is 17.5. The lowest BCUT2D eigenvalue weighted by molar-refractivity contribution is 0.0590. The number of nitrogens with zero attached hydrogens (tertiary/aromatic N) is 1. The highest BCUT2D eigenvalue weighted by Gasteiger charge is 2.26. The van der Waals surface area contributed by atoms with Crippen LogP contribution < -0.4 is 0 Å². The predicted molar refractivity (Wildman–Crippen MR) is 105 cm³/mol. The minimum atomic E-state index is -0.493. The molecule has 0 aliphatic carbocycles. The van der Waals surface area contributed by atoms with Gasteiger partial charge in [0.05, 0.1) is 18.2 Å². The summed E-state index contributed by atoms with van der Waals surface area (Å²) >= 11 is 8.14. The first-order valence-electron chi connectivity index (χ1n) is 8.44. The van der Waals surface area contributed by atoms with E-state index in [9.17, 15) is 9.59 Å². The molecule has 0 N–H and O–H groups in total. The molecule has 3 rings (SSSR count). The van der Waals surface area contributed by atoms with Gasteiger partial charge >= 0.3 is 5.97 Å². The van der Waals surface area contributed by atoms with Crippen molar-refractivity contribution in [2.75, 3.05) is 26.0 Å². The number of amides is 1. The highest BCUT2D eigenvalue weighted by molar-refractivity contribution is 7.99. The van der Waals surface area contributed by atoms with E-state index in [-0.39, 0.29) is 11.2 Å². The number of carbonyl (C=O) groups is 2. The van der Waals surface area contributed by atoms with E-state index in [0.29, 0.717) is 24.2 Å². The minimum Gasteiger partial charge on any atom is -0.465 e. The molecular weight excluding hydrogens is 370 g/mol. The second-order valence-electron chi connectivity index (χ2n) is 6.00. The zero-order valence-corrected chi connectivity index (χ0v) is 16.1. The minimum absolute atomic E-state index is 0.133. The van der Waals surface area contributed by atoms with Crippen molar-refractivity contribution >= 4 is 35.2 Å². The number of ether oxygens (including phenoxy) is 1. The second kappa shape index (κ2) is 8.60. The fourth-order valence-corrected chi connectivity index (χ4v) is 4.69. The van der Waals surface area contributed by atoms with Crippen molar-refractivity contribution in [3.05, 3.63) is 70.2 Å². The third-order valence-electron chi connectivity index (χ3n) is 4.44. The van der Waals surface area contributed by atoms with Crippen molar-refractivity contribution in [2.45, 2.75) is 11.7 Å². The topological polar surface area (TPSA) is 46.6 Å². The summed E-state index contributed by atoms with van der Waals surface area (Å²) < 4.78 is 4.80. The highest BCUT2D eigenvalue weighted by Crippen LogP contribution is 2.38. The van der Waals surface area contributed by atoms with Crippen LogP contribution in [0.5, 0.6) is 0 Å². The molecule has 136 valence electrons. The first-order chi connectivity index (χ1) is 12.6. The van der Waals surface area contributed by atoms with Crippen LogP contribution in [0.1, 0.15) is 38.0 Å². The monoisotopic (exact) mass is 389 g/mol. The molecule has 2 aromatic rings. The maximum atomic E-state index is 13.0. The SMILES string of the molecule is COC(=O)c1ccccc1C(=O)N1CCSC(c2ccccc2Cl)CC1. The quantitative estimate of drug-likeness (QED) is 0.728. The third kappa shape index (κ3) is 4.05. The molecule has 1 saturated heterocycles. The molecule has 1 unspecified atom stereocenters. The fraction of sp³-hybridized carbons (Fsp3) is 0.300. The fourth-order valence-electron chi connectivity index (χ4n) is 3.09. The summed E-state index contributed by atoms with van der Waals surface area (Å²) in [6.07, 6.45) is 0.820. The Bertz CT molecular complexity index is 811. The number of esters is 1. The Morgan fingerprint density at radius 3 is 2.50 bits per heavy atom. The lowest BCUT2D eigenvalue weighted by Crippen LogP contribution is -2.34. The predicted octanol–water partition coefficient (Wildman–Crippen LogP) is 4.45. The van der Waals surface area contributed by atoms with Crippen molar-refractivity contribution in [3.63, 3.8) is 0 Å². The largest absolute Gasteiger partial charge is 0.465 e. The van der Waals surface area contributed by atoms with Crippen LogP contribution in [0.2, 0.25) is 5.02 Å². The molecule has 1 aliphatic rings. The van der Waals surface area contributed by atoms with Gasteiger partial charge in [-0.3, -0.25) is 4.79 Å². The van der Waals surface area contributed by atoms with Crippen molar-refractivity contribution < 1.29 is 14.3 Å². The number of halogens is 1. The number of hydrogen-bond donors (Lipinski definition) is 0. The van der Waals surface area contributed by atoms with Gasteiger partial charge in [-0.05, 0) is 30.2 Å². The highest BCUT2D eigenvalue weighted by atomic mass is 35.5. The Balaban J connectivity index is 1.77. The van der Waals surface area contributed by atoms with Crippen LogP contribution in [0, 0.1) is 0 Å². The number of hydrogen-bond acceptors (Lipinski definition) is 4. The smallest absolute Gasteiger partial charge is 0.338 e. The first kappa shape index (κ1) is 18.8. The van der Waals surface area contributed by atoms with Gasteiger partial charge in [-0.2, -0.15) is 11.8 Å². The second-order valence-corrected chi connectivity index (χ2v) is 7.72. The molecule has 2 aromatic carbocycles. The molecule has 1 atom stereocenters. The molecular formula is C20H20ClNO3S. The summed E-state index contributed by atoms with van der Waals surface area (Å²) in [5, 5.41) is 1.03. The van der Waals surface area contributed by atoms with Crippen LogP contribution in [0.25, 0.3) is 0 Å². The van der Waals surface area contributed by atoms with E-state index in [0.717, 1.165) is 22.8 Å². The van der Waals surface area contributed by atoms with E-state index in [1.807, 2.05) is 40.9 Å². The molecule has 1 heterocycles. The Morgan fingerprint density at radius 1 is 1.08 bits per heavy atom. The van der Waals surface area contributed by atoms with Gasteiger partial charge in [-0.25, -0.2) is 4.79 Å². The van der Waals surface area contributed by atoms with Gasteiger partial charge in [0, 0.05) is 29.1 Å². The average molecular weight is 390 g/mol. The average Bonchev–Trinajstić information content (AvgIpc) is 2.93. The lowest BCUT2D eigenvalue weighted by atomic mass is 10.1. The molecule has 0 radical (unpaired) electrons. The Kier molecular flexibility index (Phi) is 6.22. The molecule has 1 fully saturated rings. The standard InChI is InChI=1S/C20H20ClNO3S/c1-25-20(24)15-7-3-2-6-14(15)19(23)22-11-10-18(26-13-12-22)16-8-4-5-9-17(16)21/h2-9,18H,10-13H2,1H3. The number of thioether (sulfide) groups is 1. The van der Waals surface area contributed by atoms with Crippen LogP contribution in [0.4, 0.5) is 0 Å². The number of benzene rings is 2. The van der Waals surface area contributed by atoms with Crippen molar-refractivity contribution in [3.8, 4) is 0 Å². The van der Waals surface area contributed by atoms with Crippen LogP contribution >= 0.6 is 23.4 Å². The van der Waals surface area contributed by atoms with E-state index in [1.54, 1.807) is 24.3 Å². The van der Waals surface area contributed by atoms with Gasteiger partial charge in [0.15, 0.2) is 0 Å². The number of carbonyl (C=O) groups excluding carboxylic acids is 2. The molecule has 0 aromatic heterocycles. The third-order valence-corrected chi connectivity index (χ3v) is 6.10. The van der Waals surface area contributed by atoms with Gasteiger partial charge in [0.25, 0.3) is 5.91 Å². The Hall–Kier alpha value is -1.98. The van der Waals surface area contributed by atoms with E-state index in [2.05, 4.69) is 0 Å². The summed E-state index contributed by atoms with van der Waals surface area (Å²) in [5.41, 5.74) is 1.81. The molecule has 4 nitrogen and oxygen atoms in total. The maximum Gasteiger partial charge on any atom is 0.338 e. The molecule has 26 heavy (non-hydrogen) atoms. The summed E-state index contributed by atoms with van der Waals surface area (Å²) in [5.74, 6) is 0.195. The molecule has 0 bridgehead atoms. The maximum absolute atomic E-state index is 13.0. The van der Waals surface area contributed by atoms with E-state index in [1.165, 1.54) is 7.11 Å². The van der Waals surface area contributed by atoms with Crippen LogP contribution in [0.3, 0.4) is 0 Å². The van der Waals surface area contributed by atoms with Crippen LogP contribution in [-0.2, 0) is 4.74 Å². The van der Waals surface area contributed by atoms with E-state index in [4.69, 9.17) is 16.3 Å². The molecule has 0 saturated carbocycles. The molecule has 1 amide bonds. The summed E-state index contributed by atoms with van der Waals surface area (Å²) in [6, 6.07) is 14.7. The van der Waals surface area contributed by atoms with Crippen molar-refractivity contribution in [2.24, 2.45) is 0 Å². The summed E-state index contributed by atoms with van der Waals surface area (Å²) in [6.45, 7) is 1.26. The first-order valence-corrected chi connectivity index (χ1v) is 9.87. The Morgan fingerprint density at radius 2 is 1.77 bits per heavy atom. The van der Waals surface area contributed by atoms with Crippen LogP contribution in [0.15, 0.2) is 48.5 Å². The zero-order chi connectivity index (χ0) is 18.5. The number of methoxy groups -OCH3 is 1. The molecule has 0 spiro atoms. The summed E-state index contributed by atoms with van der Waals surface area (Å²) in [7, 11) is 1.32. The van der Waals surface area contributed by atoms with Gasteiger partial charge in [-0.15, -0.1) is 0 Å². The van der Waals surface area contributed by atoms with Crippen LogP contribution in [-0.4, -0.2) is 42.7 Å². The van der Waals surface area contributed by atoms with Gasteiger partial charge in [0.1, 0.15) is 0 Å². The summed E-state index contributed by atoms with van der Waals surface area (Å²) in [4.78, 5) is 26.7. The number of rotatable bonds is 3. The Labute approximate surface area is 162 Å². The van der Waals surface area contributed by atoms with Gasteiger partial charge in [0.2, 0.25) is 0 Å². The lowest BCUT2D eigenvalue weighted by Gasteiger charge is -2.21. The van der Waals surface area contributed by atoms with Crippen molar-refractivity contribution in [1.82, 2.24) is 4.90 Å². The van der Waals surface area contributed by atoms with Gasteiger partial charge < -0.3 is 9.64 Å². The van der Waals surface area contributed by atoms with E-state index >= 15 is 0 Å². The molecule has 1 aliphatic heterocycles. The van der Waals surface area contributed by atoms with E-state index < -0.39 is 5.97 Å². The van der Waals surface area contributed by atoms with Gasteiger partial charge in [-0.1, -0.05) is 41.9 Å². The van der Waals surface area contributed by atoms with Crippen molar-refractivity contribution in [1.29, 1.82) is 0 Å². The zero-order valence-electron chi connectivity index (χ0n) is 14.5. The molecule has 6 heteroatoms.